The average molecular weight is 494 g/mol. The van der Waals surface area contributed by atoms with Gasteiger partial charge in [0.15, 0.2) is 17.5 Å². The van der Waals surface area contributed by atoms with E-state index in [0.29, 0.717) is 17.7 Å². The van der Waals surface area contributed by atoms with Crippen LogP contribution in [0.15, 0.2) is 29.2 Å². The second-order valence-corrected chi connectivity index (χ2v) is 10.9. The molecule has 0 saturated heterocycles. The Morgan fingerprint density at radius 3 is 1.85 bits per heavy atom. The third kappa shape index (κ3) is 6.55. The molecule has 1 aromatic carbocycles. The molecule has 0 spiro atoms. The molecular weight excluding hydrogens is 483 g/mol. The highest BCUT2D eigenvalue weighted by Crippen LogP contribution is 2.40. The van der Waals surface area contributed by atoms with Crippen LogP contribution in [-0.4, -0.2) is 26.5 Å². The van der Waals surface area contributed by atoms with Crippen LogP contribution in [0.2, 0.25) is 0 Å². The molecule has 1 aromatic heterocycles. The number of rotatable bonds is 5. The van der Waals surface area contributed by atoms with Crippen molar-refractivity contribution in [1.29, 1.82) is 0 Å². The van der Waals surface area contributed by atoms with Crippen LogP contribution in [0.25, 0.3) is 11.4 Å². The first-order valence-electron chi connectivity index (χ1n) is 7.10. The highest BCUT2D eigenvalue weighted by atomic mass is 35.6. The molecule has 0 aliphatic rings. The number of benzene rings is 1. The predicted octanol–water partition coefficient (Wildman–Crippen LogP) is 6.26. The molecule has 1 heterocycles. The molecule has 2 rings (SSSR count). The molecule has 0 saturated carbocycles. The minimum Gasteiger partial charge on any atom is -0.300 e. The molecule has 4 nitrogen and oxygen atoms in total. The van der Waals surface area contributed by atoms with E-state index in [1.807, 2.05) is 12.1 Å². The first-order chi connectivity index (χ1) is 12.0. The number of alkyl halides is 6. The van der Waals surface area contributed by atoms with E-state index >= 15 is 0 Å². The topological polar surface area (TPSA) is 55.7 Å². The number of Topliss-reactive ketones (excluding diaryl/α,β-unsaturated/α-hetero) is 1. The number of aromatic nitrogens is 3. The zero-order valence-electron chi connectivity index (χ0n) is 13.1. The molecule has 0 N–H and O–H groups in total. The molecule has 0 radical (unpaired) electrons. The second-order valence-electron chi connectivity index (χ2n) is 5.13. The largest absolute Gasteiger partial charge is 0.300 e. The Morgan fingerprint density at radius 1 is 0.923 bits per heavy atom. The minimum absolute atomic E-state index is 0.145. The van der Waals surface area contributed by atoms with Crippen molar-refractivity contribution < 1.29 is 4.79 Å². The highest BCUT2D eigenvalue weighted by molar-refractivity contribution is 7.99. The van der Waals surface area contributed by atoms with Crippen molar-refractivity contribution in [3.05, 3.63) is 35.9 Å². The van der Waals surface area contributed by atoms with Gasteiger partial charge in [0.2, 0.25) is 7.59 Å². The van der Waals surface area contributed by atoms with E-state index in [4.69, 9.17) is 69.6 Å². The van der Waals surface area contributed by atoms with Crippen LogP contribution < -0.4 is 0 Å². The van der Waals surface area contributed by atoms with E-state index in [-0.39, 0.29) is 23.3 Å². The van der Waals surface area contributed by atoms with Crippen molar-refractivity contribution in [2.45, 2.75) is 25.8 Å². The van der Waals surface area contributed by atoms with Gasteiger partial charge in [0.25, 0.3) is 0 Å². The third-order valence-corrected chi connectivity index (χ3v) is 5.01. The number of halogens is 6. The Kier molecular flexibility index (Phi) is 7.71. The Labute approximate surface area is 184 Å². The van der Waals surface area contributed by atoms with Crippen LogP contribution >= 0.6 is 81.4 Å². The molecule has 0 fully saturated rings. The summed E-state index contributed by atoms with van der Waals surface area (Å²) in [5, 5.41) is 0. The predicted molar refractivity (Wildman–Crippen MR) is 110 cm³/mol. The van der Waals surface area contributed by atoms with Crippen LogP contribution in [0.1, 0.15) is 25.0 Å². The summed E-state index contributed by atoms with van der Waals surface area (Å²) in [6.07, 6.45) is 0.513. The summed E-state index contributed by atoms with van der Waals surface area (Å²) < 4.78 is -3.80. The smallest absolute Gasteiger partial charge is 0.250 e. The quantitative estimate of drug-likeness (QED) is 0.363. The zero-order chi connectivity index (χ0) is 19.5. The molecular formula is C15H11Cl6N3OS. The number of hydrogen-bond acceptors (Lipinski definition) is 5. The standard InChI is InChI=1S/C15H11Cl6N3OS/c1-8(25)6-7-26-10-4-2-9(3-5-10)11-22-12(14(16,17)18)24-13(23-11)15(19,20)21/h2-5H,6-7H2,1H3. The first kappa shape index (κ1) is 22.3. The molecule has 140 valence electrons. The molecule has 0 amide bonds. The monoisotopic (exact) mass is 491 g/mol. The van der Waals surface area contributed by atoms with Gasteiger partial charge in [-0.25, -0.2) is 15.0 Å². The summed E-state index contributed by atoms with van der Waals surface area (Å²) in [6, 6.07) is 7.31. The van der Waals surface area contributed by atoms with Crippen molar-refractivity contribution in [1.82, 2.24) is 15.0 Å². The number of ketones is 1. The van der Waals surface area contributed by atoms with Gasteiger partial charge in [0.05, 0.1) is 0 Å². The summed E-state index contributed by atoms with van der Waals surface area (Å²) in [6.45, 7) is 1.56. The van der Waals surface area contributed by atoms with E-state index in [0.717, 1.165) is 4.90 Å². The maximum Gasteiger partial charge on any atom is 0.250 e. The number of carbonyl (C=O) groups is 1. The minimum atomic E-state index is -1.90. The normalized spacial score (nSPS) is 12.3. The number of hydrogen-bond donors (Lipinski definition) is 0. The lowest BCUT2D eigenvalue weighted by Gasteiger charge is -2.15. The summed E-state index contributed by atoms with van der Waals surface area (Å²) >= 11 is 36.8. The fourth-order valence-corrected chi connectivity index (χ4v) is 3.23. The molecule has 0 bridgehead atoms. The van der Waals surface area contributed by atoms with Crippen LogP contribution in [0.5, 0.6) is 0 Å². The summed E-state index contributed by atoms with van der Waals surface area (Å²) in [5.41, 5.74) is 0.634. The number of nitrogens with zero attached hydrogens (tertiary/aromatic N) is 3. The fraction of sp³-hybridized carbons (Fsp3) is 0.333. The molecule has 11 heteroatoms. The van der Waals surface area contributed by atoms with Crippen LogP contribution in [0.4, 0.5) is 0 Å². The van der Waals surface area contributed by atoms with Gasteiger partial charge < -0.3 is 0 Å². The van der Waals surface area contributed by atoms with Gasteiger partial charge in [-0.05, 0) is 19.1 Å². The highest BCUT2D eigenvalue weighted by Gasteiger charge is 2.33. The van der Waals surface area contributed by atoms with Crippen molar-refractivity contribution in [2.75, 3.05) is 5.75 Å². The van der Waals surface area contributed by atoms with Gasteiger partial charge in [-0.1, -0.05) is 81.7 Å². The van der Waals surface area contributed by atoms with Crippen molar-refractivity contribution in [3.63, 3.8) is 0 Å². The Balaban J connectivity index is 2.33. The van der Waals surface area contributed by atoms with Gasteiger partial charge in [0, 0.05) is 22.6 Å². The van der Waals surface area contributed by atoms with Gasteiger partial charge in [-0.3, -0.25) is 4.79 Å². The number of thioether (sulfide) groups is 1. The van der Waals surface area contributed by atoms with E-state index in [2.05, 4.69) is 15.0 Å². The van der Waals surface area contributed by atoms with Crippen molar-refractivity contribution in [2.24, 2.45) is 0 Å². The molecule has 0 aliphatic heterocycles. The lowest BCUT2D eigenvalue weighted by molar-refractivity contribution is -0.116. The van der Waals surface area contributed by atoms with Crippen LogP contribution in [0, 0.1) is 0 Å². The Morgan fingerprint density at radius 2 is 1.42 bits per heavy atom. The van der Waals surface area contributed by atoms with E-state index in [9.17, 15) is 4.79 Å². The van der Waals surface area contributed by atoms with Gasteiger partial charge in [0.1, 0.15) is 5.78 Å². The molecule has 0 aliphatic carbocycles. The Bertz CT molecular complexity index is 757. The van der Waals surface area contributed by atoms with Crippen molar-refractivity contribution >= 4 is 87.2 Å². The zero-order valence-corrected chi connectivity index (χ0v) is 18.5. The molecule has 0 atom stereocenters. The fourth-order valence-electron chi connectivity index (χ4n) is 1.77. The van der Waals surface area contributed by atoms with Crippen molar-refractivity contribution in [3.8, 4) is 11.4 Å². The maximum atomic E-state index is 11.0. The van der Waals surface area contributed by atoms with Gasteiger partial charge in [-0.15, -0.1) is 11.8 Å². The summed E-state index contributed by atoms with van der Waals surface area (Å²) in [4.78, 5) is 24.2. The number of carbonyl (C=O) groups excluding carboxylic acids is 1. The average Bonchev–Trinajstić information content (AvgIpc) is 2.53. The lowest BCUT2D eigenvalue weighted by atomic mass is 10.2. The van der Waals surface area contributed by atoms with Crippen LogP contribution in [0.3, 0.4) is 0 Å². The van der Waals surface area contributed by atoms with Gasteiger partial charge in [-0.2, -0.15) is 0 Å². The van der Waals surface area contributed by atoms with Crippen LogP contribution in [-0.2, 0) is 12.4 Å². The Hall–Kier alpha value is -0.0100. The molecule has 2 aromatic rings. The second kappa shape index (κ2) is 8.99. The van der Waals surface area contributed by atoms with E-state index in [1.165, 1.54) is 0 Å². The lowest BCUT2D eigenvalue weighted by Crippen LogP contribution is -2.16. The summed E-state index contributed by atoms with van der Waals surface area (Å²) in [5.74, 6) is 0.776. The maximum absolute atomic E-state index is 11.0. The third-order valence-electron chi connectivity index (χ3n) is 2.98. The molecule has 0 unspecified atom stereocenters. The van der Waals surface area contributed by atoms with Gasteiger partial charge >= 0.3 is 0 Å². The molecule has 26 heavy (non-hydrogen) atoms. The van der Waals surface area contributed by atoms with E-state index in [1.54, 1.807) is 30.8 Å². The first-order valence-corrected chi connectivity index (χ1v) is 10.4. The summed E-state index contributed by atoms with van der Waals surface area (Å²) in [7, 11) is 0. The van der Waals surface area contributed by atoms with E-state index < -0.39 is 7.59 Å². The SMILES string of the molecule is CC(=O)CCSc1ccc(-c2nc(C(Cl)(Cl)Cl)nc(C(Cl)(Cl)Cl)n2)cc1.